The van der Waals surface area contributed by atoms with Crippen molar-refractivity contribution in [3.05, 3.63) is 58.1 Å². The molecule has 0 bridgehead atoms. The van der Waals surface area contributed by atoms with Crippen LogP contribution in [0.1, 0.15) is 0 Å². The van der Waals surface area contributed by atoms with Crippen LogP contribution in [0.2, 0.25) is 10.0 Å². The van der Waals surface area contributed by atoms with E-state index in [2.05, 4.69) is 10.6 Å². The fraction of sp³-hybridized carbons (Fsp3) is 0.176. The number of rotatable bonds is 6. The molecule has 0 saturated carbocycles. The molecule has 0 radical (unpaired) electrons. The Balaban J connectivity index is 1.89. The lowest BCUT2D eigenvalue weighted by molar-refractivity contribution is -0.862. The molecule has 2 aromatic rings. The van der Waals surface area contributed by atoms with Gasteiger partial charge in [0.15, 0.2) is 13.1 Å². The minimum Gasteiger partial charge on any atom is -0.322 e. The minimum atomic E-state index is -0.747. The zero-order valence-corrected chi connectivity index (χ0v) is 15.2. The average Bonchev–Trinajstić information content (AvgIpc) is 2.54. The van der Waals surface area contributed by atoms with Gasteiger partial charge in [-0.2, -0.15) is 0 Å². The summed E-state index contributed by atoms with van der Waals surface area (Å²) < 4.78 is 26.6. The molecule has 0 aliphatic carbocycles. The lowest BCUT2D eigenvalue weighted by Gasteiger charge is -2.15. The molecule has 9 heteroatoms. The largest absolute Gasteiger partial charge is 0.322 e. The van der Waals surface area contributed by atoms with Gasteiger partial charge in [0.25, 0.3) is 11.8 Å². The zero-order chi connectivity index (χ0) is 19.3. The Morgan fingerprint density at radius 2 is 1.58 bits per heavy atom. The SMILES string of the molecule is C[NH+](CC(=O)Nc1cc(F)ccc1F)CC(=O)Nc1c(Cl)cccc1Cl. The minimum absolute atomic E-state index is 0.0550. The summed E-state index contributed by atoms with van der Waals surface area (Å²) >= 11 is 12.0. The van der Waals surface area contributed by atoms with Gasteiger partial charge in [0.05, 0.1) is 28.5 Å². The van der Waals surface area contributed by atoms with Crippen molar-refractivity contribution in [2.45, 2.75) is 0 Å². The number of nitrogens with one attached hydrogen (secondary N) is 3. The molecule has 0 saturated heterocycles. The van der Waals surface area contributed by atoms with E-state index in [1.165, 1.54) is 0 Å². The molecule has 2 aromatic carbocycles. The second-order valence-corrected chi connectivity index (χ2v) is 6.44. The Labute approximate surface area is 158 Å². The van der Waals surface area contributed by atoms with Crippen LogP contribution in [0.5, 0.6) is 0 Å². The third-order valence-corrected chi connectivity index (χ3v) is 3.98. The summed E-state index contributed by atoms with van der Waals surface area (Å²) in [6.45, 7) is -0.180. The lowest BCUT2D eigenvalue weighted by Crippen LogP contribution is -3.11. The summed E-state index contributed by atoms with van der Waals surface area (Å²) in [6, 6.07) is 7.57. The van der Waals surface area contributed by atoms with Gasteiger partial charge in [0, 0.05) is 6.07 Å². The van der Waals surface area contributed by atoms with Gasteiger partial charge < -0.3 is 15.5 Å². The standard InChI is InChI=1S/C17H15Cl2F2N3O2/c1-24(8-15(25)22-14-7-10(20)5-6-13(14)21)9-16(26)23-17-11(18)3-2-4-12(17)19/h2-7H,8-9H2,1H3,(H,22,25)(H,23,26)/p+1. The first-order valence-electron chi connectivity index (χ1n) is 7.56. The maximum Gasteiger partial charge on any atom is 0.279 e. The van der Waals surface area contributed by atoms with Gasteiger partial charge in [-0.3, -0.25) is 9.59 Å². The van der Waals surface area contributed by atoms with Gasteiger partial charge in [0.1, 0.15) is 11.6 Å². The number of quaternary nitrogens is 1. The molecule has 26 heavy (non-hydrogen) atoms. The number of halogens is 4. The van der Waals surface area contributed by atoms with Crippen LogP contribution in [0.4, 0.5) is 20.2 Å². The van der Waals surface area contributed by atoms with E-state index in [0.717, 1.165) is 18.2 Å². The summed E-state index contributed by atoms with van der Waals surface area (Å²) in [6.07, 6.45) is 0. The average molecular weight is 403 g/mol. The number of hydrogen-bond acceptors (Lipinski definition) is 2. The molecule has 0 fully saturated rings. The first kappa shape index (κ1) is 20.1. The molecule has 5 nitrogen and oxygen atoms in total. The molecular formula is C17H16Cl2F2N3O2+. The fourth-order valence-electron chi connectivity index (χ4n) is 2.20. The number of carbonyl (C=O) groups is 2. The van der Waals surface area contributed by atoms with Gasteiger partial charge in [-0.05, 0) is 24.3 Å². The molecule has 0 aliphatic heterocycles. The van der Waals surface area contributed by atoms with Crippen molar-refractivity contribution in [3.8, 4) is 0 Å². The van der Waals surface area contributed by atoms with Gasteiger partial charge in [-0.25, -0.2) is 8.78 Å². The van der Waals surface area contributed by atoms with Crippen molar-refractivity contribution >= 4 is 46.4 Å². The van der Waals surface area contributed by atoms with E-state index in [-0.39, 0.29) is 18.8 Å². The quantitative estimate of drug-likeness (QED) is 0.694. The third-order valence-electron chi connectivity index (χ3n) is 3.35. The lowest BCUT2D eigenvalue weighted by atomic mass is 10.3. The second-order valence-electron chi connectivity index (χ2n) is 5.63. The van der Waals surface area contributed by atoms with Crippen molar-refractivity contribution in [1.29, 1.82) is 0 Å². The van der Waals surface area contributed by atoms with Crippen LogP contribution in [-0.4, -0.2) is 32.0 Å². The smallest absolute Gasteiger partial charge is 0.279 e. The summed E-state index contributed by atoms with van der Waals surface area (Å²) in [4.78, 5) is 24.5. The molecule has 0 spiro atoms. The summed E-state index contributed by atoms with van der Waals surface area (Å²) in [5.41, 5.74) is 0.0371. The van der Waals surface area contributed by atoms with E-state index in [4.69, 9.17) is 23.2 Å². The predicted molar refractivity (Wildman–Crippen MR) is 96.7 cm³/mol. The first-order valence-corrected chi connectivity index (χ1v) is 8.32. The molecule has 0 heterocycles. The molecule has 2 amide bonds. The highest BCUT2D eigenvalue weighted by Crippen LogP contribution is 2.29. The maximum absolute atomic E-state index is 13.5. The Morgan fingerprint density at radius 1 is 1.00 bits per heavy atom. The third kappa shape index (κ3) is 5.66. The topological polar surface area (TPSA) is 62.6 Å². The zero-order valence-electron chi connectivity index (χ0n) is 13.7. The molecule has 138 valence electrons. The highest BCUT2D eigenvalue weighted by Gasteiger charge is 2.17. The normalized spacial score (nSPS) is 11.7. The van der Waals surface area contributed by atoms with Crippen LogP contribution < -0.4 is 15.5 Å². The van der Waals surface area contributed by atoms with Crippen molar-refractivity contribution in [1.82, 2.24) is 0 Å². The van der Waals surface area contributed by atoms with E-state index in [1.54, 1.807) is 25.2 Å². The highest BCUT2D eigenvalue weighted by molar-refractivity contribution is 6.39. The predicted octanol–water partition coefficient (Wildman–Crippen LogP) is 2.36. The Hall–Kier alpha value is -2.22. The van der Waals surface area contributed by atoms with Gasteiger partial charge in [-0.1, -0.05) is 29.3 Å². The van der Waals surface area contributed by atoms with Crippen molar-refractivity contribution in [2.24, 2.45) is 0 Å². The first-order chi connectivity index (χ1) is 12.3. The molecule has 1 unspecified atom stereocenters. The molecule has 0 aromatic heterocycles. The maximum atomic E-state index is 13.5. The van der Waals surface area contributed by atoms with Crippen LogP contribution in [0.25, 0.3) is 0 Å². The summed E-state index contributed by atoms with van der Waals surface area (Å²) in [5.74, 6) is -2.38. The van der Waals surface area contributed by atoms with Crippen LogP contribution in [0.15, 0.2) is 36.4 Å². The number of anilines is 2. The van der Waals surface area contributed by atoms with Crippen molar-refractivity contribution in [3.63, 3.8) is 0 Å². The number of benzene rings is 2. The number of hydrogen-bond donors (Lipinski definition) is 3. The second kappa shape index (κ2) is 8.93. The molecule has 1 atom stereocenters. The van der Waals surface area contributed by atoms with E-state index < -0.39 is 23.4 Å². The summed E-state index contributed by atoms with van der Waals surface area (Å²) in [7, 11) is 1.61. The van der Waals surface area contributed by atoms with Gasteiger partial charge in [0.2, 0.25) is 0 Å². The Bertz CT molecular complexity index is 813. The monoisotopic (exact) mass is 402 g/mol. The van der Waals surface area contributed by atoms with Crippen LogP contribution in [0, 0.1) is 11.6 Å². The molecule has 0 aliphatic rings. The number of para-hydroxylation sites is 1. The van der Waals surface area contributed by atoms with E-state index in [0.29, 0.717) is 20.6 Å². The van der Waals surface area contributed by atoms with Crippen LogP contribution in [-0.2, 0) is 9.59 Å². The van der Waals surface area contributed by atoms with Crippen LogP contribution >= 0.6 is 23.2 Å². The number of amides is 2. The number of carbonyl (C=O) groups excluding carboxylic acids is 2. The van der Waals surface area contributed by atoms with E-state index >= 15 is 0 Å². The van der Waals surface area contributed by atoms with Gasteiger partial charge >= 0.3 is 0 Å². The summed E-state index contributed by atoms with van der Waals surface area (Å²) in [5, 5.41) is 5.45. The molecular weight excluding hydrogens is 387 g/mol. The number of likely N-dealkylation sites (N-methyl/N-ethyl adjacent to an activating group) is 1. The Morgan fingerprint density at radius 3 is 2.19 bits per heavy atom. The van der Waals surface area contributed by atoms with E-state index in [1.807, 2.05) is 0 Å². The van der Waals surface area contributed by atoms with Gasteiger partial charge in [-0.15, -0.1) is 0 Å². The molecule has 3 N–H and O–H groups in total. The Kier molecular flexibility index (Phi) is 6.90. The fourth-order valence-corrected chi connectivity index (χ4v) is 2.69. The highest BCUT2D eigenvalue weighted by atomic mass is 35.5. The van der Waals surface area contributed by atoms with Crippen molar-refractivity contribution in [2.75, 3.05) is 30.8 Å². The van der Waals surface area contributed by atoms with Crippen LogP contribution in [0.3, 0.4) is 0 Å². The van der Waals surface area contributed by atoms with Crippen molar-refractivity contribution < 1.29 is 23.3 Å². The molecule has 2 rings (SSSR count). The van der Waals surface area contributed by atoms with E-state index in [9.17, 15) is 18.4 Å².